The number of benzene rings is 1. The molecule has 0 bridgehead atoms. The van der Waals surface area contributed by atoms with Crippen LogP contribution >= 0.6 is 0 Å². The summed E-state index contributed by atoms with van der Waals surface area (Å²) in [7, 11) is 0. The van der Waals surface area contributed by atoms with E-state index >= 15 is 0 Å². The van der Waals surface area contributed by atoms with Crippen LogP contribution < -0.4 is 5.73 Å². The van der Waals surface area contributed by atoms with Gasteiger partial charge in [-0.05, 0) is 37.7 Å². The molecule has 2 aliphatic rings. The summed E-state index contributed by atoms with van der Waals surface area (Å²) in [6, 6.07) is 7.18. The van der Waals surface area contributed by atoms with Crippen molar-refractivity contribution in [3.8, 4) is 0 Å². The molecule has 0 saturated heterocycles. The van der Waals surface area contributed by atoms with Gasteiger partial charge < -0.3 is 10.6 Å². The lowest BCUT2D eigenvalue weighted by Crippen LogP contribution is -2.39. The highest BCUT2D eigenvalue weighted by Crippen LogP contribution is 2.32. The van der Waals surface area contributed by atoms with E-state index in [0.29, 0.717) is 30.5 Å². The Morgan fingerprint density at radius 3 is 2.59 bits per heavy atom. The fraction of sp³-hybridized carbons (Fsp3) is 0.611. The topological polar surface area (TPSA) is 46.3 Å². The van der Waals surface area contributed by atoms with Gasteiger partial charge >= 0.3 is 0 Å². The Labute approximate surface area is 131 Å². The van der Waals surface area contributed by atoms with Gasteiger partial charge in [0.2, 0.25) is 5.91 Å². The molecule has 1 amide bonds. The minimum atomic E-state index is -0.227. The normalized spacial score (nSPS) is 25.0. The molecule has 2 fully saturated rings. The fourth-order valence-electron chi connectivity index (χ4n) is 3.45. The maximum atomic E-state index is 13.9. The minimum Gasteiger partial charge on any atom is -0.335 e. The van der Waals surface area contributed by atoms with E-state index in [1.54, 1.807) is 12.1 Å². The standard InChI is InChI=1S/C18H25FN2O/c19-16-7-3-1-6-14(16)12-21(15-9-10-15)18(22)11-13-5-2-4-8-17(13)20/h1,3,6-7,13,15,17H,2,4-5,8-12,20H2. The van der Waals surface area contributed by atoms with Gasteiger partial charge in [0.25, 0.3) is 0 Å². The average molecular weight is 304 g/mol. The number of carbonyl (C=O) groups is 1. The summed E-state index contributed by atoms with van der Waals surface area (Å²) in [5.74, 6) is 0.214. The molecule has 22 heavy (non-hydrogen) atoms. The van der Waals surface area contributed by atoms with Crippen molar-refractivity contribution in [2.45, 2.75) is 63.6 Å². The van der Waals surface area contributed by atoms with Gasteiger partial charge in [-0.25, -0.2) is 4.39 Å². The first-order valence-corrected chi connectivity index (χ1v) is 8.43. The molecule has 2 aliphatic carbocycles. The number of nitrogens with zero attached hydrogens (tertiary/aromatic N) is 1. The van der Waals surface area contributed by atoms with E-state index < -0.39 is 0 Å². The molecule has 2 N–H and O–H groups in total. The highest BCUT2D eigenvalue weighted by atomic mass is 19.1. The van der Waals surface area contributed by atoms with Gasteiger partial charge in [0, 0.05) is 30.6 Å². The number of rotatable bonds is 5. The molecule has 0 heterocycles. The zero-order valence-corrected chi connectivity index (χ0v) is 13.0. The van der Waals surface area contributed by atoms with Gasteiger partial charge in [-0.1, -0.05) is 31.0 Å². The summed E-state index contributed by atoms with van der Waals surface area (Å²) >= 11 is 0. The van der Waals surface area contributed by atoms with Crippen LogP contribution in [0.5, 0.6) is 0 Å². The van der Waals surface area contributed by atoms with Crippen LogP contribution in [0.25, 0.3) is 0 Å². The Kier molecular flexibility index (Phi) is 4.77. The molecule has 3 nitrogen and oxygen atoms in total. The monoisotopic (exact) mass is 304 g/mol. The van der Waals surface area contributed by atoms with Gasteiger partial charge in [-0.15, -0.1) is 0 Å². The molecule has 0 aromatic heterocycles. The first-order valence-electron chi connectivity index (χ1n) is 8.43. The van der Waals surface area contributed by atoms with Crippen molar-refractivity contribution < 1.29 is 9.18 Å². The quantitative estimate of drug-likeness (QED) is 0.908. The van der Waals surface area contributed by atoms with E-state index in [4.69, 9.17) is 5.73 Å². The molecular formula is C18H25FN2O. The van der Waals surface area contributed by atoms with Crippen molar-refractivity contribution in [2.24, 2.45) is 11.7 Å². The van der Waals surface area contributed by atoms with Gasteiger partial charge in [-0.3, -0.25) is 4.79 Å². The number of hydrogen-bond donors (Lipinski definition) is 1. The lowest BCUT2D eigenvalue weighted by molar-refractivity contribution is -0.133. The summed E-state index contributed by atoms with van der Waals surface area (Å²) < 4.78 is 13.9. The Hall–Kier alpha value is -1.42. The van der Waals surface area contributed by atoms with E-state index in [2.05, 4.69) is 0 Å². The smallest absolute Gasteiger partial charge is 0.223 e. The second-order valence-electron chi connectivity index (χ2n) is 6.76. The van der Waals surface area contributed by atoms with Crippen LogP contribution in [0, 0.1) is 11.7 Å². The van der Waals surface area contributed by atoms with Crippen LogP contribution in [-0.2, 0) is 11.3 Å². The fourth-order valence-corrected chi connectivity index (χ4v) is 3.45. The molecular weight excluding hydrogens is 279 g/mol. The zero-order valence-electron chi connectivity index (χ0n) is 13.0. The zero-order chi connectivity index (χ0) is 15.5. The van der Waals surface area contributed by atoms with Crippen molar-refractivity contribution in [2.75, 3.05) is 0 Å². The number of carbonyl (C=O) groups excluding carboxylic acids is 1. The van der Waals surface area contributed by atoms with Gasteiger partial charge in [-0.2, -0.15) is 0 Å². The van der Waals surface area contributed by atoms with Crippen LogP contribution in [0.1, 0.15) is 50.5 Å². The van der Waals surface area contributed by atoms with Crippen molar-refractivity contribution >= 4 is 5.91 Å². The molecule has 3 rings (SSSR count). The predicted molar refractivity (Wildman–Crippen MR) is 84.5 cm³/mol. The average Bonchev–Trinajstić information content (AvgIpc) is 3.33. The highest BCUT2D eigenvalue weighted by molar-refractivity contribution is 5.77. The Bertz CT molecular complexity index is 530. The summed E-state index contributed by atoms with van der Waals surface area (Å²) in [6.45, 7) is 0.387. The SMILES string of the molecule is NC1CCCCC1CC(=O)N(Cc1ccccc1F)C1CC1. The van der Waals surface area contributed by atoms with Crippen LogP contribution in [0.2, 0.25) is 0 Å². The second-order valence-corrected chi connectivity index (χ2v) is 6.76. The van der Waals surface area contributed by atoms with Gasteiger partial charge in [0.05, 0.1) is 0 Å². The second kappa shape index (κ2) is 6.78. The van der Waals surface area contributed by atoms with Crippen LogP contribution in [0.15, 0.2) is 24.3 Å². The first kappa shape index (κ1) is 15.5. The molecule has 1 aromatic carbocycles. The molecule has 2 saturated carbocycles. The number of halogens is 1. The lowest BCUT2D eigenvalue weighted by Gasteiger charge is -2.31. The molecule has 120 valence electrons. The third-order valence-electron chi connectivity index (χ3n) is 5.01. The lowest BCUT2D eigenvalue weighted by atomic mass is 9.82. The third-order valence-corrected chi connectivity index (χ3v) is 5.01. The summed E-state index contributed by atoms with van der Waals surface area (Å²) in [6.07, 6.45) is 7.01. The summed E-state index contributed by atoms with van der Waals surface area (Å²) in [4.78, 5) is 14.6. The maximum absolute atomic E-state index is 13.9. The van der Waals surface area contributed by atoms with E-state index in [1.807, 2.05) is 11.0 Å². The van der Waals surface area contributed by atoms with Gasteiger partial charge in [0.1, 0.15) is 5.82 Å². The van der Waals surface area contributed by atoms with Crippen molar-refractivity contribution in [1.82, 2.24) is 4.90 Å². The summed E-state index contributed by atoms with van der Waals surface area (Å²) in [5.41, 5.74) is 6.77. The molecule has 0 spiro atoms. The Morgan fingerprint density at radius 2 is 1.91 bits per heavy atom. The number of hydrogen-bond acceptors (Lipinski definition) is 2. The van der Waals surface area contributed by atoms with Gasteiger partial charge in [0.15, 0.2) is 0 Å². The van der Waals surface area contributed by atoms with Crippen molar-refractivity contribution in [1.29, 1.82) is 0 Å². The molecule has 0 aliphatic heterocycles. The van der Waals surface area contributed by atoms with Crippen LogP contribution in [0.3, 0.4) is 0 Å². The molecule has 0 radical (unpaired) electrons. The number of amides is 1. The first-order chi connectivity index (χ1) is 10.6. The third kappa shape index (κ3) is 3.67. The van der Waals surface area contributed by atoms with Crippen molar-refractivity contribution in [3.05, 3.63) is 35.6 Å². The maximum Gasteiger partial charge on any atom is 0.223 e. The number of nitrogens with two attached hydrogens (primary N) is 1. The molecule has 2 atom stereocenters. The summed E-state index contributed by atoms with van der Waals surface area (Å²) in [5, 5.41) is 0. The Morgan fingerprint density at radius 1 is 1.18 bits per heavy atom. The molecule has 4 heteroatoms. The largest absolute Gasteiger partial charge is 0.335 e. The minimum absolute atomic E-state index is 0.146. The Balaban J connectivity index is 1.66. The van der Waals surface area contributed by atoms with Crippen LogP contribution in [-0.4, -0.2) is 22.9 Å². The van der Waals surface area contributed by atoms with Crippen LogP contribution in [0.4, 0.5) is 4.39 Å². The van der Waals surface area contributed by atoms with E-state index in [9.17, 15) is 9.18 Å². The highest BCUT2D eigenvalue weighted by Gasteiger charge is 2.35. The molecule has 1 aromatic rings. The van der Waals surface area contributed by atoms with E-state index in [1.165, 1.54) is 18.9 Å². The van der Waals surface area contributed by atoms with Crippen molar-refractivity contribution in [3.63, 3.8) is 0 Å². The van der Waals surface area contributed by atoms with E-state index in [-0.39, 0.29) is 17.8 Å². The van der Waals surface area contributed by atoms with E-state index in [0.717, 1.165) is 25.7 Å². The predicted octanol–water partition coefficient (Wildman–Crippen LogP) is 3.22. The molecule has 2 unspecified atom stereocenters.